The predicted octanol–water partition coefficient (Wildman–Crippen LogP) is 3.26. The molecule has 0 amide bonds. The number of hydrogen-bond acceptors (Lipinski definition) is 7. The molecule has 1 aromatic rings. The number of morpholine rings is 1. The summed E-state index contributed by atoms with van der Waals surface area (Å²) < 4.78 is 22.9. The van der Waals surface area contributed by atoms with E-state index in [1.54, 1.807) is 7.11 Å². The van der Waals surface area contributed by atoms with E-state index in [-0.39, 0.29) is 0 Å². The van der Waals surface area contributed by atoms with E-state index in [4.69, 9.17) is 18.9 Å². The highest BCUT2D eigenvalue weighted by atomic mass is 16.5. The summed E-state index contributed by atoms with van der Waals surface area (Å²) in [6, 6.07) is 6.72. The average molecular weight is 428 g/mol. The summed E-state index contributed by atoms with van der Waals surface area (Å²) >= 11 is 0. The molecule has 3 aliphatic rings. The second-order valence-electron chi connectivity index (χ2n) is 8.28. The minimum absolute atomic E-state index is 0.310. The Balaban J connectivity index is 1.65. The molecule has 2 atom stereocenters. The zero-order chi connectivity index (χ0) is 21.6. The lowest BCUT2D eigenvalue weighted by atomic mass is 9.75. The monoisotopic (exact) mass is 427 g/mol. The van der Waals surface area contributed by atoms with Gasteiger partial charge in [-0.15, -0.1) is 0 Å². The first-order chi connectivity index (χ1) is 15.2. The molecule has 7 heteroatoms. The van der Waals surface area contributed by atoms with Crippen LogP contribution in [0.2, 0.25) is 0 Å². The quantitative estimate of drug-likeness (QED) is 0.529. The highest BCUT2D eigenvalue weighted by molar-refractivity contribution is 5.76. The lowest BCUT2D eigenvalue weighted by Crippen LogP contribution is -2.41. The topological polar surface area (TPSA) is 76.0 Å². The van der Waals surface area contributed by atoms with Crippen LogP contribution >= 0.6 is 0 Å². The van der Waals surface area contributed by atoms with Crippen molar-refractivity contribution in [1.82, 2.24) is 10.2 Å². The molecular formula is C24H33N3O4. The summed E-state index contributed by atoms with van der Waals surface area (Å²) in [6.45, 7) is 7.15. The summed E-state index contributed by atoms with van der Waals surface area (Å²) in [5.74, 6) is 2.21. The zero-order valence-electron chi connectivity index (χ0n) is 18.6. The van der Waals surface area contributed by atoms with Gasteiger partial charge >= 0.3 is 0 Å². The number of nitriles is 1. The van der Waals surface area contributed by atoms with Gasteiger partial charge in [-0.2, -0.15) is 5.26 Å². The van der Waals surface area contributed by atoms with Crippen molar-refractivity contribution < 1.29 is 18.9 Å². The molecule has 168 valence electrons. The number of fused-ring (bicyclic) bond motifs is 3. The van der Waals surface area contributed by atoms with Gasteiger partial charge in [0.15, 0.2) is 11.5 Å². The first-order valence-corrected chi connectivity index (χ1v) is 11.4. The van der Waals surface area contributed by atoms with Crippen LogP contribution in [0.15, 0.2) is 17.9 Å². The third kappa shape index (κ3) is 4.76. The lowest BCUT2D eigenvalue weighted by Gasteiger charge is -2.40. The molecule has 1 aliphatic carbocycles. The molecule has 4 rings (SSSR count). The average Bonchev–Trinajstić information content (AvgIpc) is 2.82. The Morgan fingerprint density at radius 1 is 1.23 bits per heavy atom. The Bertz CT molecular complexity index is 842. The van der Waals surface area contributed by atoms with Crippen LogP contribution in [0, 0.1) is 11.3 Å². The van der Waals surface area contributed by atoms with Gasteiger partial charge < -0.3 is 24.3 Å². The van der Waals surface area contributed by atoms with Gasteiger partial charge in [0.2, 0.25) is 5.76 Å². The molecular weight excluding hydrogens is 394 g/mol. The third-order valence-electron chi connectivity index (χ3n) is 6.49. The third-order valence-corrected chi connectivity index (χ3v) is 6.49. The number of methoxy groups -OCH3 is 1. The molecule has 31 heavy (non-hydrogen) atoms. The minimum atomic E-state index is 0.310. The maximum absolute atomic E-state index is 9.94. The van der Waals surface area contributed by atoms with Crippen molar-refractivity contribution >= 4 is 5.70 Å². The standard InChI is InChI=1S/C24H33N3O4/c1-3-30-22-14-18-17-6-4-5-7-20(17)26-24(19(18)15-21(22)28-2)23(16-25)31-13-10-27-8-11-29-12-9-27/h14-15,17,20,26H,3-13H2,1-2H3. The van der Waals surface area contributed by atoms with Crippen LogP contribution in [0.3, 0.4) is 0 Å². The fourth-order valence-electron chi connectivity index (χ4n) is 4.92. The van der Waals surface area contributed by atoms with Gasteiger partial charge in [-0.05, 0) is 37.5 Å². The summed E-state index contributed by atoms with van der Waals surface area (Å²) in [5, 5.41) is 13.6. The molecule has 1 saturated heterocycles. The molecule has 1 N–H and O–H groups in total. The SMILES string of the molecule is CCOc1cc2c(cc1OC)C(=C(C#N)OCCN1CCOCC1)NC1CCCCC21. The molecule has 0 radical (unpaired) electrons. The fourth-order valence-corrected chi connectivity index (χ4v) is 4.92. The Kier molecular flexibility index (Phi) is 7.21. The van der Waals surface area contributed by atoms with E-state index in [9.17, 15) is 5.26 Å². The van der Waals surface area contributed by atoms with E-state index in [0.29, 0.717) is 36.7 Å². The highest BCUT2D eigenvalue weighted by Crippen LogP contribution is 2.45. The van der Waals surface area contributed by atoms with E-state index in [1.807, 2.05) is 13.0 Å². The Morgan fingerprint density at radius 3 is 2.77 bits per heavy atom. The van der Waals surface area contributed by atoms with Gasteiger partial charge in [0.1, 0.15) is 12.7 Å². The number of nitrogens with zero attached hydrogens (tertiary/aromatic N) is 2. The lowest BCUT2D eigenvalue weighted by molar-refractivity contribution is 0.0283. The van der Waals surface area contributed by atoms with Crippen molar-refractivity contribution in [1.29, 1.82) is 5.26 Å². The van der Waals surface area contributed by atoms with E-state index >= 15 is 0 Å². The Hall–Kier alpha value is -2.43. The second kappa shape index (κ2) is 10.3. The summed E-state index contributed by atoms with van der Waals surface area (Å²) in [7, 11) is 1.65. The van der Waals surface area contributed by atoms with E-state index < -0.39 is 0 Å². The van der Waals surface area contributed by atoms with Gasteiger partial charge in [0.05, 0.1) is 32.6 Å². The van der Waals surface area contributed by atoms with Gasteiger partial charge in [0.25, 0.3) is 0 Å². The predicted molar refractivity (Wildman–Crippen MR) is 118 cm³/mol. The fraction of sp³-hybridized carbons (Fsp3) is 0.625. The van der Waals surface area contributed by atoms with Crippen LogP contribution < -0.4 is 14.8 Å². The van der Waals surface area contributed by atoms with Crippen LogP contribution in [0.1, 0.15) is 49.7 Å². The first kappa shape index (κ1) is 21.8. The number of ether oxygens (including phenoxy) is 4. The van der Waals surface area contributed by atoms with Crippen LogP contribution in [-0.2, 0) is 9.47 Å². The molecule has 2 heterocycles. The number of benzene rings is 1. The summed E-state index contributed by atoms with van der Waals surface area (Å²) in [5.41, 5.74) is 3.00. The Labute approximate surface area is 184 Å². The van der Waals surface area contributed by atoms with Crippen LogP contribution in [0.4, 0.5) is 0 Å². The first-order valence-electron chi connectivity index (χ1n) is 11.4. The van der Waals surface area contributed by atoms with Crippen molar-refractivity contribution in [2.24, 2.45) is 0 Å². The van der Waals surface area contributed by atoms with Crippen molar-refractivity contribution in [3.63, 3.8) is 0 Å². The van der Waals surface area contributed by atoms with Crippen molar-refractivity contribution in [3.05, 3.63) is 29.0 Å². The molecule has 0 bridgehead atoms. The van der Waals surface area contributed by atoms with Gasteiger partial charge in [-0.3, -0.25) is 4.90 Å². The molecule has 2 unspecified atom stereocenters. The molecule has 1 aromatic carbocycles. The maximum atomic E-state index is 9.94. The minimum Gasteiger partial charge on any atom is -0.493 e. The van der Waals surface area contributed by atoms with Crippen molar-refractivity contribution in [3.8, 4) is 17.6 Å². The number of nitrogens with one attached hydrogen (secondary N) is 1. The molecule has 0 aromatic heterocycles. The van der Waals surface area contributed by atoms with Crippen LogP contribution in [-0.4, -0.2) is 64.1 Å². The molecule has 0 spiro atoms. The number of allylic oxidation sites excluding steroid dienone is 1. The Morgan fingerprint density at radius 2 is 2.03 bits per heavy atom. The summed E-state index contributed by atoms with van der Waals surface area (Å²) in [6.07, 6.45) is 4.65. The van der Waals surface area contributed by atoms with E-state index in [0.717, 1.165) is 62.7 Å². The van der Waals surface area contributed by atoms with Crippen LogP contribution in [0.5, 0.6) is 11.5 Å². The van der Waals surface area contributed by atoms with E-state index in [2.05, 4.69) is 22.4 Å². The zero-order valence-corrected chi connectivity index (χ0v) is 18.6. The smallest absolute Gasteiger partial charge is 0.221 e. The molecule has 2 aliphatic heterocycles. The van der Waals surface area contributed by atoms with Gasteiger partial charge in [-0.1, -0.05) is 12.8 Å². The van der Waals surface area contributed by atoms with Gasteiger partial charge in [0, 0.05) is 37.2 Å². The van der Waals surface area contributed by atoms with Crippen molar-refractivity contribution in [2.45, 2.75) is 44.6 Å². The second-order valence-corrected chi connectivity index (χ2v) is 8.28. The number of hydrogen-bond donors (Lipinski definition) is 1. The molecule has 7 nitrogen and oxygen atoms in total. The van der Waals surface area contributed by atoms with Gasteiger partial charge in [-0.25, -0.2) is 0 Å². The largest absolute Gasteiger partial charge is 0.493 e. The van der Waals surface area contributed by atoms with Crippen molar-refractivity contribution in [2.75, 3.05) is 53.2 Å². The number of rotatable bonds is 7. The van der Waals surface area contributed by atoms with E-state index in [1.165, 1.54) is 18.4 Å². The highest BCUT2D eigenvalue weighted by Gasteiger charge is 2.36. The maximum Gasteiger partial charge on any atom is 0.221 e. The molecule has 1 saturated carbocycles. The van der Waals surface area contributed by atoms with Crippen LogP contribution in [0.25, 0.3) is 5.70 Å². The summed E-state index contributed by atoms with van der Waals surface area (Å²) in [4.78, 5) is 2.31. The normalized spacial score (nSPS) is 24.8. The molecule has 2 fully saturated rings.